The third-order valence-corrected chi connectivity index (χ3v) is 1.43. The second-order valence-corrected chi connectivity index (χ2v) is 2.39. The summed E-state index contributed by atoms with van der Waals surface area (Å²) < 4.78 is 94.5. The number of hydrogen-bond donors (Lipinski definition) is 0. The van der Waals surface area contributed by atoms with Crippen LogP contribution in [0.1, 0.15) is 0 Å². The van der Waals surface area contributed by atoms with Gasteiger partial charge < -0.3 is 0 Å². The van der Waals surface area contributed by atoms with Crippen LogP contribution >= 0.6 is 0 Å². The summed E-state index contributed by atoms with van der Waals surface area (Å²) in [6.45, 7) is -0.152. The molecular weight excluding hydrogens is 224 g/mol. The van der Waals surface area contributed by atoms with E-state index in [1.54, 1.807) is 0 Å². The molecule has 0 bridgehead atoms. The van der Waals surface area contributed by atoms with Crippen molar-refractivity contribution in [3.8, 4) is 0 Å². The Hall–Kier alpha value is -0.820. The fraction of sp³-hybridized carbons (Fsp3) is 0.667. The zero-order valence-corrected chi connectivity index (χ0v) is 6.44. The molecule has 0 rings (SSSR count). The summed E-state index contributed by atoms with van der Waals surface area (Å²) in [7, 11) is 0. The van der Waals surface area contributed by atoms with Gasteiger partial charge in [0.05, 0.1) is 0 Å². The summed E-state index contributed by atoms with van der Waals surface area (Å²) in [5, 5.41) is 0. The van der Waals surface area contributed by atoms with Crippen molar-refractivity contribution >= 4 is 0 Å². The van der Waals surface area contributed by atoms with E-state index < -0.39 is 30.3 Å². The SMILES string of the molecule is C=C(CF)C(F)(C(F)(F)F)C(F)(F)F. The zero-order chi connectivity index (χ0) is 11.8. The summed E-state index contributed by atoms with van der Waals surface area (Å²) in [5.41, 5.74) is -7.90. The van der Waals surface area contributed by atoms with E-state index in [1.165, 1.54) is 0 Å². The summed E-state index contributed by atoms with van der Waals surface area (Å²) >= 11 is 0. The first-order valence-electron chi connectivity index (χ1n) is 3.05. The molecule has 14 heavy (non-hydrogen) atoms. The predicted octanol–water partition coefficient (Wildman–Crippen LogP) is 3.35. The number of rotatable bonds is 2. The Kier molecular flexibility index (Phi) is 3.19. The van der Waals surface area contributed by atoms with Crippen LogP contribution in [0.25, 0.3) is 0 Å². The molecule has 0 nitrogen and oxygen atoms in total. The van der Waals surface area contributed by atoms with Crippen LogP contribution in [-0.2, 0) is 0 Å². The third kappa shape index (κ3) is 1.83. The Morgan fingerprint density at radius 3 is 1.21 bits per heavy atom. The molecule has 0 aliphatic rings. The van der Waals surface area contributed by atoms with E-state index in [9.17, 15) is 35.1 Å². The molecule has 0 aliphatic carbocycles. The number of hydrogen-bond acceptors (Lipinski definition) is 0. The highest BCUT2D eigenvalue weighted by Crippen LogP contribution is 2.50. The van der Waals surface area contributed by atoms with Crippen molar-refractivity contribution in [2.75, 3.05) is 6.67 Å². The molecule has 0 aromatic rings. The summed E-state index contributed by atoms with van der Waals surface area (Å²) in [6, 6.07) is 0. The molecule has 0 N–H and O–H groups in total. The van der Waals surface area contributed by atoms with Gasteiger partial charge in [0.15, 0.2) is 0 Å². The van der Waals surface area contributed by atoms with E-state index in [0.29, 0.717) is 0 Å². The van der Waals surface area contributed by atoms with E-state index in [4.69, 9.17) is 0 Å². The third-order valence-electron chi connectivity index (χ3n) is 1.43. The van der Waals surface area contributed by atoms with Gasteiger partial charge in [-0.1, -0.05) is 6.58 Å². The lowest BCUT2D eigenvalue weighted by Crippen LogP contribution is -2.54. The lowest BCUT2D eigenvalue weighted by atomic mass is 9.96. The summed E-state index contributed by atoms with van der Waals surface area (Å²) in [6.07, 6.45) is -12.5. The Morgan fingerprint density at radius 1 is 0.857 bits per heavy atom. The predicted molar refractivity (Wildman–Crippen MR) is 31.1 cm³/mol. The lowest BCUT2D eigenvalue weighted by Gasteiger charge is -2.30. The van der Waals surface area contributed by atoms with Crippen LogP contribution in [0.2, 0.25) is 0 Å². The van der Waals surface area contributed by atoms with E-state index in [-0.39, 0.29) is 0 Å². The molecule has 0 spiro atoms. The van der Waals surface area contributed by atoms with Gasteiger partial charge in [0.2, 0.25) is 0 Å². The molecule has 0 aromatic heterocycles. The van der Waals surface area contributed by atoms with Crippen molar-refractivity contribution in [1.29, 1.82) is 0 Å². The molecule has 0 heterocycles. The average molecular weight is 228 g/mol. The maximum Gasteiger partial charge on any atom is 0.435 e. The van der Waals surface area contributed by atoms with Crippen LogP contribution < -0.4 is 0 Å². The molecule has 84 valence electrons. The Balaban J connectivity index is 5.40. The highest BCUT2D eigenvalue weighted by Gasteiger charge is 2.73. The summed E-state index contributed by atoms with van der Waals surface area (Å²) in [5.74, 6) is 0. The lowest BCUT2D eigenvalue weighted by molar-refractivity contribution is -0.326. The minimum absolute atomic E-state index is 2.09. The van der Waals surface area contributed by atoms with Crippen molar-refractivity contribution in [2.24, 2.45) is 0 Å². The largest absolute Gasteiger partial charge is 0.435 e. The fourth-order valence-electron chi connectivity index (χ4n) is 0.654. The molecule has 0 atom stereocenters. The van der Waals surface area contributed by atoms with E-state index in [2.05, 4.69) is 6.58 Å². The molecule has 0 aromatic carbocycles. The van der Waals surface area contributed by atoms with Crippen molar-refractivity contribution < 1.29 is 35.1 Å². The fourth-order valence-corrected chi connectivity index (χ4v) is 0.654. The molecule has 0 amide bonds. The van der Waals surface area contributed by atoms with Crippen molar-refractivity contribution in [2.45, 2.75) is 18.0 Å². The van der Waals surface area contributed by atoms with Gasteiger partial charge in [0, 0.05) is 5.57 Å². The van der Waals surface area contributed by atoms with Gasteiger partial charge in [-0.2, -0.15) is 26.3 Å². The van der Waals surface area contributed by atoms with Gasteiger partial charge in [-0.15, -0.1) is 0 Å². The maximum absolute atomic E-state index is 12.6. The first-order valence-corrected chi connectivity index (χ1v) is 3.05. The first kappa shape index (κ1) is 13.2. The van der Waals surface area contributed by atoms with Crippen LogP contribution in [0.3, 0.4) is 0 Å². The Bertz CT molecular complexity index is 207. The minimum Gasteiger partial charge on any atom is -0.246 e. The smallest absolute Gasteiger partial charge is 0.246 e. The highest BCUT2D eigenvalue weighted by molar-refractivity contribution is 5.20. The van der Waals surface area contributed by atoms with Gasteiger partial charge in [0.1, 0.15) is 6.67 Å². The standard InChI is InChI=1S/C6H4F8/c1-3(2-7)4(8,5(9,10)11)6(12,13)14/h1-2H2. The minimum atomic E-state index is -6.27. The zero-order valence-electron chi connectivity index (χ0n) is 6.44. The van der Waals surface area contributed by atoms with Crippen LogP contribution in [0, 0.1) is 0 Å². The second-order valence-electron chi connectivity index (χ2n) is 2.39. The highest BCUT2D eigenvalue weighted by atomic mass is 19.4. The molecule has 0 fully saturated rings. The molecule has 8 heteroatoms. The molecule has 0 saturated heterocycles. The van der Waals surface area contributed by atoms with E-state index >= 15 is 0 Å². The van der Waals surface area contributed by atoms with Crippen LogP contribution in [0.15, 0.2) is 12.2 Å². The van der Waals surface area contributed by atoms with Crippen LogP contribution in [0.4, 0.5) is 35.1 Å². The molecule has 0 saturated carbocycles. The van der Waals surface area contributed by atoms with Gasteiger partial charge in [-0.25, -0.2) is 8.78 Å². The second kappa shape index (κ2) is 3.39. The van der Waals surface area contributed by atoms with Crippen molar-refractivity contribution in [1.82, 2.24) is 0 Å². The van der Waals surface area contributed by atoms with Crippen LogP contribution in [0.5, 0.6) is 0 Å². The number of halogens is 8. The normalized spacial score (nSPS) is 14.3. The molecule has 0 unspecified atom stereocenters. The Morgan fingerprint density at radius 2 is 1.14 bits per heavy atom. The molecule has 0 radical (unpaired) electrons. The average Bonchev–Trinajstić information content (AvgIpc) is 1.97. The van der Waals surface area contributed by atoms with Crippen molar-refractivity contribution in [3.05, 3.63) is 12.2 Å². The molecule has 0 aliphatic heterocycles. The monoisotopic (exact) mass is 228 g/mol. The van der Waals surface area contributed by atoms with Crippen LogP contribution in [-0.4, -0.2) is 24.7 Å². The van der Waals surface area contributed by atoms with Gasteiger partial charge >= 0.3 is 18.0 Å². The van der Waals surface area contributed by atoms with Gasteiger partial charge in [-0.3, -0.25) is 0 Å². The topological polar surface area (TPSA) is 0 Å². The molecular formula is C6H4F8. The quantitative estimate of drug-likeness (QED) is 0.502. The number of allylic oxidation sites excluding steroid dienone is 1. The van der Waals surface area contributed by atoms with E-state index in [0.717, 1.165) is 0 Å². The summed E-state index contributed by atoms with van der Waals surface area (Å²) in [4.78, 5) is 0. The maximum atomic E-state index is 12.6. The van der Waals surface area contributed by atoms with E-state index in [1.807, 2.05) is 0 Å². The van der Waals surface area contributed by atoms with Gasteiger partial charge in [-0.05, 0) is 0 Å². The van der Waals surface area contributed by atoms with Crippen molar-refractivity contribution in [3.63, 3.8) is 0 Å². The Labute approximate surface area is 73.2 Å². The first-order chi connectivity index (χ1) is 5.98. The number of alkyl halides is 8. The van der Waals surface area contributed by atoms with Gasteiger partial charge in [0.25, 0.3) is 0 Å².